The average Bonchev–Trinajstić information content (AvgIpc) is 3.17. The van der Waals surface area contributed by atoms with Crippen LogP contribution in [0.3, 0.4) is 0 Å². The Morgan fingerprint density at radius 3 is 1.51 bits per heavy atom. The van der Waals surface area contributed by atoms with Crippen molar-refractivity contribution in [3.63, 3.8) is 0 Å². The molecule has 3 unspecified atom stereocenters. The summed E-state index contributed by atoms with van der Waals surface area (Å²) in [5.41, 5.74) is 0. The Hall–Kier alpha value is -1.14. The maximum Gasteiger partial charge on any atom is 0.305 e. The summed E-state index contributed by atoms with van der Waals surface area (Å²) >= 11 is 0. The average molecular weight is 778 g/mol. The lowest BCUT2D eigenvalue weighted by molar-refractivity contribution is -0.145. The molecule has 6 heteroatoms. The predicted octanol–water partition coefficient (Wildman–Crippen LogP) is 13.7. The van der Waals surface area contributed by atoms with Gasteiger partial charge in [0.25, 0.3) is 0 Å². The van der Waals surface area contributed by atoms with Crippen LogP contribution >= 0.6 is 0 Å². The third kappa shape index (κ3) is 39.5. The quantitative estimate of drug-likeness (QED) is 0.0476. The van der Waals surface area contributed by atoms with E-state index in [-0.39, 0.29) is 11.9 Å². The molecule has 0 aliphatic carbocycles. The van der Waals surface area contributed by atoms with Crippen molar-refractivity contribution in [2.45, 2.75) is 252 Å². The lowest BCUT2D eigenvalue weighted by atomic mass is 9.95. The molecule has 1 amide bonds. The molecule has 0 spiro atoms. The summed E-state index contributed by atoms with van der Waals surface area (Å²) in [7, 11) is 4.33. The first-order valence-electron chi connectivity index (χ1n) is 24.7. The second kappa shape index (κ2) is 42.5. The predicted molar refractivity (Wildman–Crippen MR) is 241 cm³/mol. The molecule has 2 N–H and O–H groups in total. The van der Waals surface area contributed by atoms with Crippen molar-refractivity contribution in [2.24, 2.45) is 11.8 Å². The van der Waals surface area contributed by atoms with Gasteiger partial charge in [-0.05, 0) is 103 Å². The molecule has 0 fully saturated rings. The Morgan fingerprint density at radius 2 is 0.945 bits per heavy atom. The molecule has 55 heavy (non-hydrogen) atoms. The van der Waals surface area contributed by atoms with Gasteiger partial charge in [-0.2, -0.15) is 0 Å². The van der Waals surface area contributed by atoms with Gasteiger partial charge < -0.3 is 20.3 Å². The van der Waals surface area contributed by atoms with Crippen molar-refractivity contribution in [1.82, 2.24) is 15.5 Å². The Balaban J connectivity index is 4.20. The zero-order valence-corrected chi connectivity index (χ0v) is 38.3. The summed E-state index contributed by atoms with van der Waals surface area (Å²) in [6.07, 6.45) is 41.3. The molecule has 0 saturated carbocycles. The Morgan fingerprint density at radius 1 is 0.491 bits per heavy atom. The van der Waals surface area contributed by atoms with E-state index in [1.54, 1.807) is 0 Å². The highest BCUT2D eigenvalue weighted by Crippen LogP contribution is 2.20. The SMILES string of the molecule is CCCCCCC(CCCC)CNC(=O)CCCCCCCCC(CCCCCCCCC(=O)OCC(CCCC)CCCCCC)NCCCCN(C)C. The van der Waals surface area contributed by atoms with Gasteiger partial charge in [-0.3, -0.25) is 9.59 Å². The van der Waals surface area contributed by atoms with Gasteiger partial charge in [0.15, 0.2) is 0 Å². The summed E-state index contributed by atoms with van der Waals surface area (Å²) in [5.74, 6) is 1.50. The number of hydrogen-bond acceptors (Lipinski definition) is 5. The van der Waals surface area contributed by atoms with Crippen LogP contribution in [0.15, 0.2) is 0 Å². The Kier molecular flexibility index (Phi) is 41.6. The number of carbonyl (C=O) groups is 2. The smallest absolute Gasteiger partial charge is 0.305 e. The fourth-order valence-corrected chi connectivity index (χ4v) is 7.95. The molecule has 328 valence electrons. The first kappa shape index (κ1) is 53.9. The van der Waals surface area contributed by atoms with E-state index in [2.05, 4.69) is 57.3 Å². The van der Waals surface area contributed by atoms with E-state index in [0.717, 1.165) is 32.4 Å². The van der Waals surface area contributed by atoms with Crippen LogP contribution in [0.25, 0.3) is 0 Å². The molecule has 0 aliphatic rings. The number of hydrogen-bond donors (Lipinski definition) is 2. The summed E-state index contributed by atoms with van der Waals surface area (Å²) in [6.45, 7) is 12.9. The van der Waals surface area contributed by atoms with Gasteiger partial charge in [0.05, 0.1) is 6.61 Å². The van der Waals surface area contributed by atoms with Crippen LogP contribution in [0.2, 0.25) is 0 Å². The highest BCUT2D eigenvalue weighted by atomic mass is 16.5. The normalized spacial score (nSPS) is 13.3. The van der Waals surface area contributed by atoms with E-state index in [1.807, 2.05) is 0 Å². The molecule has 0 aromatic rings. The third-order valence-electron chi connectivity index (χ3n) is 11.8. The van der Waals surface area contributed by atoms with Gasteiger partial charge in [-0.25, -0.2) is 0 Å². The number of nitrogens with zero attached hydrogens (tertiary/aromatic N) is 1. The zero-order chi connectivity index (χ0) is 40.5. The first-order valence-corrected chi connectivity index (χ1v) is 24.7. The van der Waals surface area contributed by atoms with Crippen molar-refractivity contribution in [1.29, 1.82) is 0 Å². The number of amides is 1. The maximum absolute atomic E-state index is 12.5. The standard InChI is InChI=1S/C49H99N3O3/c1-7-11-15-25-35-45(33-13-9-3)43-51-48(53)39-29-23-19-17-21-27-37-47(50-41-31-32-42-52(5)6)38-28-22-18-20-24-30-40-49(54)55-44-46(34-14-10-4)36-26-16-12-8-2/h45-47,50H,7-44H2,1-6H3,(H,51,53). The van der Waals surface area contributed by atoms with Gasteiger partial charge in [-0.15, -0.1) is 0 Å². The third-order valence-corrected chi connectivity index (χ3v) is 11.8. The number of carbonyl (C=O) groups excluding carboxylic acids is 2. The molecular weight excluding hydrogens is 679 g/mol. The lowest BCUT2D eigenvalue weighted by Crippen LogP contribution is -2.30. The molecule has 3 atom stereocenters. The summed E-state index contributed by atoms with van der Waals surface area (Å²) < 4.78 is 5.74. The van der Waals surface area contributed by atoms with Crippen LogP contribution in [0, 0.1) is 11.8 Å². The first-order chi connectivity index (χ1) is 26.9. The number of ether oxygens (including phenoxy) is 1. The highest BCUT2D eigenvalue weighted by Gasteiger charge is 2.13. The van der Waals surface area contributed by atoms with Gasteiger partial charge in [-0.1, -0.05) is 169 Å². The molecule has 0 aromatic carbocycles. The van der Waals surface area contributed by atoms with Crippen LogP contribution in [0.4, 0.5) is 0 Å². The van der Waals surface area contributed by atoms with Gasteiger partial charge >= 0.3 is 5.97 Å². The fourth-order valence-electron chi connectivity index (χ4n) is 7.95. The number of rotatable bonds is 44. The van der Waals surface area contributed by atoms with Crippen LogP contribution in [-0.2, 0) is 14.3 Å². The molecule has 0 bridgehead atoms. The molecule has 0 rings (SSSR count). The molecule has 0 aliphatic heterocycles. The van der Waals surface area contributed by atoms with Gasteiger partial charge in [0.1, 0.15) is 0 Å². The molecular formula is C49H99N3O3. The molecule has 0 heterocycles. The molecule has 0 saturated heterocycles. The summed E-state index contributed by atoms with van der Waals surface area (Å²) in [5, 5.41) is 7.20. The number of unbranched alkanes of at least 4 members (excludes halogenated alkanes) is 19. The monoisotopic (exact) mass is 778 g/mol. The minimum absolute atomic E-state index is 0.0202. The van der Waals surface area contributed by atoms with Crippen molar-refractivity contribution in [2.75, 3.05) is 40.3 Å². The van der Waals surface area contributed by atoms with Crippen LogP contribution in [0.5, 0.6) is 0 Å². The highest BCUT2D eigenvalue weighted by molar-refractivity contribution is 5.75. The Labute approximate surface area is 345 Å². The van der Waals surface area contributed by atoms with E-state index in [9.17, 15) is 9.59 Å². The van der Waals surface area contributed by atoms with E-state index in [1.165, 1.54) is 193 Å². The lowest BCUT2D eigenvalue weighted by Gasteiger charge is -2.19. The molecule has 0 radical (unpaired) electrons. The van der Waals surface area contributed by atoms with E-state index >= 15 is 0 Å². The minimum Gasteiger partial charge on any atom is -0.465 e. The van der Waals surface area contributed by atoms with E-state index in [4.69, 9.17) is 4.74 Å². The number of nitrogens with one attached hydrogen (secondary N) is 2. The molecule has 6 nitrogen and oxygen atoms in total. The van der Waals surface area contributed by atoms with E-state index < -0.39 is 0 Å². The van der Waals surface area contributed by atoms with Crippen molar-refractivity contribution in [3.8, 4) is 0 Å². The molecule has 0 aromatic heterocycles. The minimum atomic E-state index is 0.0202. The van der Waals surface area contributed by atoms with Crippen molar-refractivity contribution in [3.05, 3.63) is 0 Å². The maximum atomic E-state index is 12.5. The second-order valence-electron chi connectivity index (χ2n) is 17.7. The second-order valence-corrected chi connectivity index (χ2v) is 17.7. The zero-order valence-electron chi connectivity index (χ0n) is 38.3. The summed E-state index contributed by atoms with van der Waals surface area (Å²) in [4.78, 5) is 27.2. The van der Waals surface area contributed by atoms with Gasteiger partial charge in [0.2, 0.25) is 5.91 Å². The van der Waals surface area contributed by atoms with Crippen LogP contribution in [0.1, 0.15) is 246 Å². The van der Waals surface area contributed by atoms with Crippen LogP contribution in [-0.4, -0.2) is 63.2 Å². The Bertz CT molecular complexity index is 750. The van der Waals surface area contributed by atoms with E-state index in [0.29, 0.717) is 37.3 Å². The van der Waals surface area contributed by atoms with Crippen LogP contribution < -0.4 is 10.6 Å². The number of esters is 1. The van der Waals surface area contributed by atoms with Gasteiger partial charge in [0, 0.05) is 25.4 Å². The van der Waals surface area contributed by atoms with Crippen molar-refractivity contribution < 1.29 is 14.3 Å². The van der Waals surface area contributed by atoms with Crippen molar-refractivity contribution >= 4 is 11.9 Å². The largest absolute Gasteiger partial charge is 0.465 e. The topological polar surface area (TPSA) is 70.7 Å². The fraction of sp³-hybridized carbons (Fsp3) is 0.959. The summed E-state index contributed by atoms with van der Waals surface area (Å²) in [6, 6.07) is 0.637.